The predicted octanol–water partition coefficient (Wildman–Crippen LogP) is 3.24. The van der Waals surface area contributed by atoms with Crippen LogP contribution in [0.5, 0.6) is 0 Å². The van der Waals surface area contributed by atoms with Crippen LogP contribution < -0.4 is 10.2 Å². The smallest absolute Gasteiger partial charge is 0.270 e. The van der Waals surface area contributed by atoms with Gasteiger partial charge < -0.3 is 14.7 Å². The summed E-state index contributed by atoms with van der Waals surface area (Å²) < 4.78 is 18.2. The molecule has 3 heterocycles. The quantitative estimate of drug-likeness (QED) is 0.744. The van der Waals surface area contributed by atoms with Crippen molar-refractivity contribution in [2.45, 2.75) is 13.3 Å². The molecule has 2 aromatic heterocycles. The zero-order valence-electron chi connectivity index (χ0n) is 14.3. The highest BCUT2D eigenvalue weighted by molar-refractivity contribution is 7.14. The summed E-state index contributed by atoms with van der Waals surface area (Å²) in [5, 5.41) is 8.42. The van der Waals surface area contributed by atoms with Gasteiger partial charge in [0, 0.05) is 18.7 Å². The molecule has 0 spiro atoms. The number of hydrogen-bond acceptors (Lipinski definition) is 6. The van der Waals surface area contributed by atoms with Crippen LogP contribution in [0.25, 0.3) is 10.8 Å². The average molecular weight is 386 g/mol. The lowest BCUT2D eigenvalue weighted by Crippen LogP contribution is -2.28. The monoisotopic (exact) mass is 386 g/mol. The maximum absolute atomic E-state index is 13.1. The van der Waals surface area contributed by atoms with E-state index in [1.807, 2.05) is 5.38 Å². The lowest BCUT2D eigenvalue weighted by Gasteiger charge is -2.16. The van der Waals surface area contributed by atoms with Gasteiger partial charge in [-0.1, -0.05) is 5.16 Å². The molecule has 27 heavy (non-hydrogen) atoms. The number of thiophene rings is 1. The summed E-state index contributed by atoms with van der Waals surface area (Å²) in [6.07, 6.45) is 0.0995. The standard InChI is InChI=1S/C18H15FN4O3S/c1-10-20-18(26-22-10)16-14(6-7-27-16)21-17(25)11-8-15(24)23(9-11)13-4-2-12(19)3-5-13/h2-7,11H,8-9H2,1H3,(H,21,25)/t11-/m0/s1. The SMILES string of the molecule is Cc1noc(-c2sccc2NC(=O)[C@H]2CC(=O)N(c3ccc(F)cc3)C2)n1. The van der Waals surface area contributed by atoms with Gasteiger partial charge in [0.05, 0.1) is 11.6 Å². The zero-order chi connectivity index (χ0) is 19.0. The summed E-state index contributed by atoms with van der Waals surface area (Å²) >= 11 is 1.38. The van der Waals surface area contributed by atoms with Crippen LogP contribution in [0.1, 0.15) is 12.2 Å². The highest BCUT2D eigenvalue weighted by atomic mass is 32.1. The van der Waals surface area contributed by atoms with Crippen LogP contribution >= 0.6 is 11.3 Å². The number of carbonyl (C=O) groups excluding carboxylic acids is 2. The first-order valence-electron chi connectivity index (χ1n) is 8.26. The summed E-state index contributed by atoms with van der Waals surface area (Å²) in [6.45, 7) is 1.96. The summed E-state index contributed by atoms with van der Waals surface area (Å²) in [7, 11) is 0. The number of aromatic nitrogens is 2. The van der Waals surface area contributed by atoms with E-state index in [2.05, 4.69) is 15.5 Å². The fourth-order valence-corrected chi connectivity index (χ4v) is 3.72. The molecule has 1 fully saturated rings. The van der Waals surface area contributed by atoms with Crippen LogP contribution in [0.3, 0.4) is 0 Å². The molecule has 4 rings (SSSR count). The Bertz CT molecular complexity index is 998. The first-order chi connectivity index (χ1) is 13.0. The number of benzene rings is 1. The van der Waals surface area contributed by atoms with Gasteiger partial charge in [0.15, 0.2) is 5.82 Å². The minimum atomic E-state index is -0.500. The lowest BCUT2D eigenvalue weighted by atomic mass is 10.1. The van der Waals surface area contributed by atoms with Crippen molar-refractivity contribution in [3.05, 3.63) is 47.4 Å². The van der Waals surface area contributed by atoms with Gasteiger partial charge in [0.25, 0.3) is 5.89 Å². The number of anilines is 2. The topological polar surface area (TPSA) is 88.3 Å². The van der Waals surface area contributed by atoms with E-state index in [1.54, 1.807) is 13.0 Å². The Morgan fingerprint density at radius 2 is 2.11 bits per heavy atom. The summed E-state index contributed by atoms with van der Waals surface area (Å²) in [4.78, 5) is 31.3. The van der Waals surface area contributed by atoms with Gasteiger partial charge in [-0.05, 0) is 42.6 Å². The minimum Gasteiger partial charge on any atom is -0.333 e. The van der Waals surface area contributed by atoms with Crippen LogP contribution in [-0.2, 0) is 9.59 Å². The van der Waals surface area contributed by atoms with E-state index in [-0.39, 0.29) is 30.6 Å². The lowest BCUT2D eigenvalue weighted by molar-refractivity contribution is -0.122. The van der Waals surface area contributed by atoms with E-state index in [1.165, 1.54) is 40.5 Å². The molecule has 1 aliphatic heterocycles. The van der Waals surface area contributed by atoms with Gasteiger partial charge >= 0.3 is 0 Å². The zero-order valence-corrected chi connectivity index (χ0v) is 15.1. The second kappa shape index (κ2) is 6.92. The minimum absolute atomic E-state index is 0.0995. The van der Waals surface area contributed by atoms with Crippen LogP contribution in [-0.4, -0.2) is 28.5 Å². The third-order valence-corrected chi connectivity index (χ3v) is 5.18. The second-order valence-corrected chi connectivity index (χ2v) is 7.10. The number of hydrogen-bond donors (Lipinski definition) is 1. The predicted molar refractivity (Wildman–Crippen MR) is 97.8 cm³/mol. The number of amides is 2. The summed E-state index contributed by atoms with van der Waals surface area (Å²) in [5.74, 6) is -0.454. The summed E-state index contributed by atoms with van der Waals surface area (Å²) in [6, 6.07) is 7.40. The number of nitrogens with one attached hydrogen (secondary N) is 1. The van der Waals surface area contributed by atoms with E-state index in [0.717, 1.165) is 0 Å². The Kier molecular flexibility index (Phi) is 4.44. The molecule has 7 nitrogen and oxygen atoms in total. The van der Waals surface area contributed by atoms with E-state index in [0.29, 0.717) is 28.0 Å². The number of nitrogens with zero attached hydrogens (tertiary/aromatic N) is 3. The molecule has 3 aromatic rings. The molecule has 9 heteroatoms. The largest absolute Gasteiger partial charge is 0.333 e. The maximum Gasteiger partial charge on any atom is 0.270 e. The van der Waals surface area contributed by atoms with Crippen LogP contribution in [0.2, 0.25) is 0 Å². The van der Waals surface area contributed by atoms with Gasteiger partial charge in [0.1, 0.15) is 10.7 Å². The third kappa shape index (κ3) is 3.45. The average Bonchev–Trinajstić information content (AvgIpc) is 3.36. The van der Waals surface area contributed by atoms with E-state index < -0.39 is 5.92 Å². The Hall–Kier alpha value is -3.07. The first kappa shape index (κ1) is 17.3. The van der Waals surface area contributed by atoms with Gasteiger partial charge in [0.2, 0.25) is 11.8 Å². The van der Waals surface area contributed by atoms with E-state index in [9.17, 15) is 14.0 Å². The van der Waals surface area contributed by atoms with Gasteiger partial charge in [-0.15, -0.1) is 11.3 Å². The molecule has 1 aliphatic rings. The van der Waals surface area contributed by atoms with Crippen LogP contribution in [0, 0.1) is 18.7 Å². The van der Waals surface area contributed by atoms with Gasteiger partial charge in [-0.2, -0.15) is 4.98 Å². The van der Waals surface area contributed by atoms with Crippen molar-refractivity contribution < 1.29 is 18.5 Å². The fourth-order valence-electron chi connectivity index (χ4n) is 2.95. The molecule has 0 radical (unpaired) electrons. The van der Waals surface area contributed by atoms with E-state index in [4.69, 9.17) is 4.52 Å². The van der Waals surface area contributed by atoms with Crippen LogP contribution in [0.4, 0.5) is 15.8 Å². The Balaban J connectivity index is 1.48. The molecule has 1 atom stereocenters. The fraction of sp³-hybridized carbons (Fsp3) is 0.222. The maximum atomic E-state index is 13.1. The molecule has 1 N–H and O–H groups in total. The second-order valence-electron chi connectivity index (χ2n) is 6.18. The molecule has 138 valence electrons. The Labute approximate surface area is 157 Å². The molecule has 1 aromatic carbocycles. The number of rotatable bonds is 4. The van der Waals surface area contributed by atoms with Crippen molar-refractivity contribution in [2.24, 2.45) is 5.92 Å². The number of halogens is 1. The van der Waals surface area contributed by atoms with Crippen molar-refractivity contribution in [1.82, 2.24) is 10.1 Å². The van der Waals surface area contributed by atoms with Crippen molar-refractivity contribution in [3.63, 3.8) is 0 Å². The van der Waals surface area contributed by atoms with Crippen molar-refractivity contribution in [3.8, 4) is 10.8 Å². The molecule has 0 aliphatic carbocycles. The molecule has 0 unspecified atom stereocenters. The van der Waals surface area contributed by atoms with Crippen molar-refractivity contribution >= 4 is 34.5 Å². The molecular formula is C18H15FN4O3S. The van der Waals surface area contributed by atoms with Crippen molar-refractivity contribution in [1.29, 1.82) is 0 Å². The molecule has 0 bridgehead atoms. The number of aryl methyl sites for hydroxylation is 1. The van der Waals surface area contributed by atoms with Gasteiger partial charge in [-0.3, -0.25) is 9.59 Å². The highest BCUT2D eigenvalue weighted by Crippen LogP contribution is 2.33. The summed E-state index contributed by atoms with van der Waals surface area (Å²) in [5.41, 5.74) is 1.15. The van der Waals surface area contributed by atoms with E-state index >= 15 is 0 Å². The highest BCUT2D eigenvalue weighted by Gasteiger charge is 2.35. The Morgan fingerprint density at radius 3 is 2.81 bits per heavy atom. The molecule has 0 saturated carbocycles. The van der Waals surface area contributed by atoms with Gasteiger partial charge in [-0.25, -0.2) is 4.39 Å². The Morgan fingerprint density at radius 1 is 1.33 bits per heavy atom. The van der Waals surface area contributed by atoms with Crippen molar-refractivity contribution in [2.75, 3.05) is 16.8 Å². The molecule has 1 saturated heterocycles. The first-order valence-corrected chi connectivity index (χ1v) is 9.14. The number of carbonyl (C=O) groups is 2. The molecule has 2 amide bonds. The normalized spacial score (nSPS) is 16.7. The molecular weight excluding hydrogens is 371 g/mol. The third-order valence-electron chi connectivity index (χ3n) is 4.28. The van der Waals surface area contributed by atoms with Crippen LogP contribution in [0.15, 0.2) is 40.2 Å².